The fraction of sp³-hybridized carbons (Fsp3) is 0.136. The van der Waals surface area contributed by atoms with Gasteiger partial charge in [0, 0.05) is 0 Å². The van der Waals surface area contributed by atoms with Crippen LogP contribution in [0.3, 0.4) is 0 Å². The highest BCUT2D eigenvalue weighted by molar-refractivity contribution is 7.99. The monoisotopic (exact) mass is 498 g/mol. The summed E-state index contributed by atoms with van der Waals surface area (Å²) in [5, 5.41) is 2.99. The summed E-state index contributed by atoms with van der Waals surface area (Å²) in [7, 11) is 1.27. The van der Waals surface area contributed by atoms with Crippen molar-refractivity contribution in [1.29, 1.82) is 0 Å². The molecule has 0 fully saturated rings. The quantitative estimate of drug-likeness (QED) is 0.176. The van der Waals surface area contributed by atoms with Gasteiger partial charge in [0.15, 0.2) is 14.8 Å². The van der Waals surface area contributed by atoms with E-state index in [-0.39, 0.29) is 22.8 Å². The van der Waals surface area contributed by atoms with E-state index in [0.29, 0.717) is 25.1 Å². The lowest BCUT2D eigenvalue weighted by Gasteiger charge is -2.10. The smallest absolute Gasteiger partial charge is 0.339 e. The molecule has 0 saturated heterocycles. The van der Waals surface area contributed by atoms with E-state index in [1.165, 1.54) is 18.4 Å². The second-order valence-electron chi connectivity index (χ2n) is 6.89. The first-order valence-electron chi connectivity index (χ1n) is 9.71. The second-order valence-corrected chi connectivity index (χ2v) is 9.50. The number of methoxy groups -OCH3 is 1. The number of nitrogens with one attached hydrogen (secondary N) is 2. The van der Waals surface area contributed by atoms with E-state index in [9.17, 15) is 14.4 Å². The molecule has 0 unspecified atom stereocenters. The van der Waals surface area contributed by atoms with Crippen LogP contribution in [0.25, 0.3) is 16.0 Å². The highest BCUT2D eigenvalue weighted by Crippen LogP contribution is 2.26. The molecule has 0 aliphatic heterocycles. The van der Waals surface area contributed by atoms with Crippen LogP contribution >= 0.6 is 35.3 Å². The maximum absolute atomic E-state index is 12.7. The predicted molar refractivity (Wildman–Crippen MR) is 132 cm³/mol. The molecule has 0 spiro atoms. The lowest BCUT2D eigenvalue weighted by molar-refractivity contribution is -0.113. The topological polar surface area (TPSA) is 106 Å². The van der Waals surface area contributed by atoms with Crippen LogP contribution < -0.4 is 10.9 Å². The maximum atomic E-state index is 12.7. The number of hydrogen-bond donors (Lipinski definition) is 2. The summed E-state index contributed by atoms with van der Waals surface area (Å²) in [6, 6.07) is 14.3. The van der Waals surface area contributed by atoms with Crippen LogP contribution in [0.5, 0.6) is 0 Å². The molecular formula is C22H18N4O4S3. The van der Waals surface area contributed by atoms with Crippen LogP contribution in [0.4, 0.5) is 5.69 Å². The largest absolute Gasteiger partial charge is 0.465 e. The van der Waals surface area contributed by atoms with E-state index in [4.69, 9.17) is 17.0 Å². The van der Waals surface area contributed by atoms with Crippen molar-refractivity contribution < 1.29 is 14.3 Å². The Morgan fingerprint density at radius 1 is 1.21 bits per heavy atom. The summed E-state index contributed by atoms with van der Waals surface area (Å²) in [5.74, 6) is -0.938. The summed E-state index contributed by atoms with van der Waals surface area (Å²) >= 11 is 7.77. The molecule has 1 amide bonds. The average Bonchev–Trinajstić information content (AvgIpc) is 3.14. The van der Waals surface area contributed by atoms with Crippen molar-refractivity contribution in [3.8, 4) is 5.69 Å². The zero-order valence-electron chi connectivity index (χ0n) is 17.6. The number of anilines is 1. The third kappa shape index (κ3) is 4.75. The number of H-pyrrole nitrogens is 1. The first-order valence-corrected chi connectivity index (χ1v) is 11.9. The fourth-order valence-electron chi connectivity index (χ4n) is 3.19. The number of ether oxygens (including phenoxy) is 1. The number of aromatic nitrogens is 3. The van der Waals surface area contributed by atoms with Crippen molar-refractivity contribution in [2.45, 2.75) is 12.1 Å². The molecule has 8 nitrogen and oxygen atoms in total. The minimum Gasteiger partial charge on any atom is -0.465 e. The van der Waals surface area contributed by atoms with Gasteiger partial charge in [-0.25, -0.2) is 9.78 Å². The number of carbonyl (C=O) groups excluding carboxylic acids is 2. The summed E-state index contributed by atoms with van der Waals surface area (Å²) < 4.78 is 7.45. The number of nitrogens with zero attached hydrogens (tertiary/aromatic N) is 2. The van der Waals surface area contributed by atoms with Crippen LogP contribution in [0, 0.1) is 10.9 Å². The standard InChI is InChI=1S/C22H18N4O4S3/c1-12-7-3-6-10-15(12)26-18-17(33-22(26)31)19(28)25-21(24-18)32-11-16(27)23-14-9-5-4-8-13(14)20(29)30-2/h3-10H,11H2,1-2H3,(H,23,27)(H,24,25,28). The number of thioether (sulfide) groups is 1. The molecule has 2 aromatic carbocycles. The van der Waals surface area contributed by atoms with E-state index in [1.54, 1.807) is 28.8 Å². The molecule has 11 heteroatoms. The summed E-state index contributed by atoms with van der Waals surface area (Å²) in [5.41, 5.74) is 2.57. The van der Waals surface area contributed by atoms with Crippen LogP contribution in [0.15, 0.2) is 58.5 Å². The van der Waals surface area contributed by atoms with Crippen molar-refractivity contribution in [1.82, 2.24) is 14.5 Å². The Morgan fingerprint density at radius 2 is 1.94 bits per heavy atom. The van der Waals surface area contributed by atoms with Gasteiger partial charge in [-0.1, -0.05) is 53.4 Å². The lowest BCUT2D eigenvalue weighted by Crippen LogP contribution is -2.18. The number of aryl methyl sites for hydroxylation is 1. The van der Waals surface area contributed by atoms with Gasteiger partial charge in [-0.15, -0.1) is 0 Å². The lowest BCUT2D eigenvalue weighted by atomic mass is 10.2. The summed E-state index contributed by atoms with van der Waals surface area (Å²) in [6.07, 6.45) is 0. The van der Waals surface area contributed by atoms with E-state index >= 15 is 0 Å². The first-order chi connectivity index (χ1) is 15.9. The van der Waals surface area contributed by atoms with Gasteiger partial charge in [-0.3, -0.25) is 14.2 Å². The minimum atomic E-state index is -0.548. The second kappa shape index (κ2) is 9.69. The number of para-hydroxylation sites is 2. The minimum absolute atomic E-state index is 0.0286. The predicted octanol–water partition coefficient (Wildman–Crippen LogP) is 4.33. The average molecular weight is 499 g/mol. The number of carbonyl (C=O) groups is 2. The number of hydrogen-bond acceptors (Lipinski definition) is 8. The van der Waals surface area contributed by atoms with Crippen molar-refractivity contribution in [2.75, 3.05) is 18.2 Å². The number of aromatic amines is 1. The van der Waals surface area contributed by atoms with Crippen LogP contribution in [0.1, 0.15) is 15.9 Å². The molecule has 4 rings (SSSR count). The molecule has 2 aromatic heterocycles. The summed E-state index contributed by atoms with van der Waals surface area (Å²) in [4.78, 5) is 44.3. The third-order valence-electron chi connectivity index (χ3n) is 4.72. The van der Waals surface area contributed by atoms with Gasteiger partial charge in [0.05, 0.1) is 29.8 Å². The van der Waals surface area contributed by atoms with Gasteiger partial charge in [0.2, 0.25) is 5.91 Å². The zero-order chi connectivity index (χ0) is 23.5. The van der Waals surface area contributed by atoms with Crippen molar-refractivity contribution in [3.05, 3.63) is 74.0 Å². The Labute approximate surface area is 201 Å². The van der Waals surface area contributed by atoms with E-state index in [0.717, 1.165) is 23.0 Å². The van der Waals surface area contributed by atoms with Gasteiger partial charge < -0.3 is 15.0 Å². The molecule has 168 valence electrons. The van der Waals surface area contributed by atoms with E-state index in [1.807, 2.05) is 31.2 Å². The zero-order valence-corrected chi connectivity index (χ0v) is 20.0. The number of rotatable bonds is 6. The molecule has 0 saturated carbocycles. The highest BCUT2D eigenvalue weighted by atomic mass is 32.2. The molecule has 0 radical (unpaired) electrons. The Bertz CT molecular complexity index is 1490. The number of fused-ring (bicyclic) bond motifs is 1. The Hall–Kier alpha value is -3.28. The van der Waals surface area contributed by atoms with Crippen molar-refractivity contribution in [3.63, 3.8) is 0 Å². The third-order valence-corrected chi connectivity index (χ3v) is 6.96. The highest BCUT2D eigenvalue weighted by Gasteiger charge is 2.17. The molecule has 2 N–H and O–H groups in total. The molecule has 0 bridgehead atoms. The molecular weight excluding hydrogens is 480 g/mol. The number of benzene rings is 2. The van der Waals surface area contributed by atoms with Gasteiger partial charge in [-0.05, 0) is 42.9 Å². The van der Waals surface area contributed by atoms with E-state index in [2.05, 4.69) is 15.3 Å². The van der Waals surface area contributed by atoms with Gasteiger partial charge in [0.25, 0.3) is 5.56 Å². The Morgan fingerprint density at radius 3 is 2.70 bits per heavy atom. The molecule has 33 heavy (non-hydrogen) atoms. The first kappa shape index (κ1) is 22.9. The van der Waals surface area contributed by atoms with Crippen molar-refractivity contribution in [2.24, 2.45) is 0 Å². The van der Waals surface area contributed by atoms with Gasteiger partial charge in [0.1, 0.15) is 4.70 Å². The molecule has 0 atom stereocenters. The van der Waals surface area contributed by atoms with Gasteiger partial charge >= 0.3 is 5.97 Å². The Kier molecular flexibility index (Phi) is 6.72. The van der Waals surface area contributed by atoms with E-state index < -0.39 is 5.97 Å². The molecule has 0 aliphatic rings. The van der Waals surface area contributed by atoms with Crippen LogP contribution in [-0.4, -0.2) is 39.3 Å². The van der Waals surface area contributed by atoms with Gasteiger partial charge in [-0.2, -0.15) is 0 Å². The SMILES string of the molecule is COC(=O)c1ccccc1NC(=O)CSc1nc2c(sc(=S)n2-c2ccccc2C)c(=O)[nH]1. The number of thiazole rings is 1. The molecule has 4 aromatic rings. The fourth-order valence-corrected chi connectivity index (χ4v) is 5.10. The van der Waals surface area contributed by atoms with Crippen LogP contribution in [-0.2, 0) is 9.53 Å². The molecule has 0 aliphatic carbocycles. The normalized spacial score (nSPS) is 10.8. The Balaban J connectivity index is 1.59. The van der Waals surface area contributed by atoms with Crippen LogP contribution in [0.2, 0.25) is 0 Å². The summed E-state index contributed by atoms with van der Waals surface area (Å²) in [6.45, 7) is 1.96. The maximum Gasteiger partial charge on any atom is 0.339 e. The number of amides is 1. The number of esters is 1. The molecule has 2 heterocycles. The van der Waals surface area contributed by atoms with Crippen molar-refractivity contribution >= 4 is 63.2 Å².